The molecule has 146 valence electrons. The van der Waals surface area contributed by atoms with Crippen LogP contribution in [0.15, 0.2) is 42.9 Å². The molecule has 3 N–H and O–H groups in total. The monoisotopic (exact) mass is 390 g/mol. The van der Waals surface area contributed by atoms with Gasteiger partial charge in [-0.15, -0.1) is 0 Å². The lowest BCUT2D eigenvalue weighted by atomic mass is 10.1. The number of nitrogens with one attached hydrogen (secondary N) is 1. The number of primary amides is 1. The fourth-order valence-electron chi connectivity index (χ4n) is 2.56. The molecule has 2 aromatic heterocycles. The topological polar surface area (TPSA) is 98.7 Å². The predicted octanol–water partition coefficient (Wildman–Crippen LogP) is 3.46. The SMILES string of the molecule is Cc1cc(Nc2nccc(C(F)(F)F)n2)cc(-c2cnn(C(C)C(N)=O)c2)c1. The first-order valence-electron chi connectivity index (χ1n) is 8.26. The molecule has 3 rings (SSSR count). The summed E-state index contributed by atoms with van der Waals surface area (Å²) in [6.45, 7) is 3.48. The van der Waals surface area contributed by atoms with Gasteiger partial charge in [0.1, 0.15) is 11.7 Å². The number of hydrogen-bond acceptors (Lipinski definition) is 5. The maximum absolute atomic E-state index is 12.8. The van der Waals surface area contributed by atoms with E-state index in [1.54, 1.807) is 31.5 Å². The zero-order valence-electron chi connectivity index (χ0n) is 15.0. The highest BCUT2D eigenvalue weighted by molar-refractivity contribution is 5.78. The van der Waals surface area contributed by atoms with Crippen molar-refractivity contribution >= 4 is 17.5 Å². The molecule has 10 heteroatoms. The quantitative estimate of drug-likeness (QED) is 0.695. The highest BCUT2D eigenvalue weighted by Crippen LogP contribution is 2.29. The molecule has 7 nitrogen and oxygen atoms in total. The van der Waals surface area contributed by atoms with Crippen LogP contribution in [-0.4, -0.2) is 25.7 Å². The van der Waals surface area contributed by atoms with Gasteiger partial charge in [-0.2, -0.15) is 18.3 Å². The van der Waals surface area contributed by atoms with E-state index in [-0.39, 0.29) is 5.95 Å². The van der Waals surface area contributed by atoms with Gasteiger partial charge < -0.3 is 11.1 Å². The van der Waals surface area contributed by atoms with Gasteiger partial charge in [0.05, 0.1) is 6.20 Å². The van der Waals surface area contributed by atoms with Crippen molar-refractivity contribution in [2.45, 2.75) is 26.1 Å². The molecule has 0 radical (unpaired) electrons. The lowest BCUT2D eigenvalue weighted by Crippen LogP contribution is -2.24. The molecule has 0 aliphatic carbocycles. The van der Waals surface area contributed by atoms with Crippen LogP contribution >= 0.6 is 0 Å². The van der Waals surface area contributed by atoms with Gasteiger partial charge in [-0.05, 0) is 43.2 Å². The minimum Gasteiger partial charge on any atom is -0.368 e. The van der Waals surface area contributed by atoms with Crippen LogP contribution in [0.1, 0.15) is 24.2 Å². The van der Waals surface area contributed by atoms with Crippen LogP contribution in [-0.2, 0) is 11.0 Å². The van der Waals surface area contributed by atoms with Gasteiger partial charge >= 0.3 is 6.18 Å². The fraction of sp³-hybridized carbons (Fsp3) is 0.222. The van der Waals surface area contributed by atoms with E-state index < -0.39 is 23.8 Å². The Morgan fingerprint density at radius 3 is 2.68 bits per heavy atom. The predicted molar refractivity (Wildman–Crippen MR) is 96.6 cm³/mol. The number of halogens is 3. The molecular formula is C18H17F3N6O. The van der Waals surface area contributed by atoms with Crippen LogP contribution in [0.4, 0.5) is 24.8 Å². The van der Waals surface area contributed by atoms with Crippen molar-refractivity contribution in [3.63, 3.8) is 0 Å². The van der Waals surface area contributed by atoms with Gasteiger partial charge in [0.25, 0.3) is 0 Å². The third kappa shape index (κ3) is 4.27. The van der Waals surface area contributed by atoms with Gasteiger partial charge in [0.15, 0.2) is 0 Å². The average molecular weight is 390 g/mol. The Morgan fingerprint density at radius 1 is 1.25 bits per heavy atom. The van der Waals surface area contributed by atoms with Crippen LogP contribution < -0.4 is 11.1 Å². The van der Waals surface area contributed by atoms with E-state index in [1.807, 2.05) is 13.0 Å². The van der Waals surface area contributed by atoms with Crippen molar-refractivity contribution in [1.29, 1.82) is 0 Å². The molecule has 1 amide bonds. The number of carbonyl (C=O) groups is 1. The zero-order chi connectivity index (χ0) is 20.5. The van der Waals surface area contributed by atoms with E-state index in [1.165, 1.54) is 4.68 Å². The van der Waals surface area contributed by atoms with Crippen LogP contribution in [0.3, 0.4) is 0 Å². The van der Waals surface area contributed by atoms with Gasteiger partial charge in [0.2, 0.25) is 11.9 Å². The summed E-state index contributed by atoms with van der Waals surface area (Å²) in [4.78, 5) is 18.7. The first-order chi connectivity index (χ1) is 13.1. The summed E-state index contributed by atoms with van der Waals surface area (Å²) in [6.07, 6.45) is -0.250. The number of carbonyl (C=O) groups excluding carboxylic acids is 1. The van der Waals surface area contributed by atoms with E-state index in [4.69, 9.17) is 5.73 Å². The maximum Gasteiger partial charge on any atom is 0.433 e. The summed E-state index contributed by atoms with van der Waals surface area (Å²) in [5, 5.41) is 6.93. The normalized spacial score (nSPS) is 12.6. The van der Waals surface area contributed by atoms with Crippen LogP contribution in [0, 0.1) is 6.92 Å². The third-order valence-electron chi connectivity index (χ3n) is 4.02. The van der Waals surface area contributed by atoms with Crippen molar-refractivity contribution in [3.8, 4) is 11.1 Å². The number of nitrogens with two attached hydrogens (primary N) is 1. The molecule has 0 saturated heterocycles. The summed E-state index contributed by atoms with van der Waals surface area (Å²) in [5.41, 5.74) is 7.13. The molecule has 1 unspecified atom stereocenters. The summed E-state index contributed by atoms with van der Waals surface area (Å²) < 4.78 is 39.9. The zero-order valence-corrected chi connectivity index (χ0v) is 15.0. The Balaban J connectivity index is 1.90. The maximum atomic E-state index is 12.8. The van der Waals surface area contributed by atoms with Crippen molar-refractivity contribution < 1.29 is 18.0 Å². The lowest BCUT2D eigenvalue weighted by molar-refractivity contribution is -0.141. The number of alkyl halides is 3. The number of benzene rings is 1. The number of hydrogen-bond donors (Lipinski definition) is 2. The minimum absolute atomic E-state index is 0.163. The first-order valence-corrected chi connectivity index (χ1v) is 8.26. The van der Waals surface area contributed by atoms with Gasteiger partial charge in [-0.1, -0.05) is 6.07 Å². The van der Waals surface area contributed by atoms with Crippen LogP contribution in [0.5, 0.6) is 0 Å². The second-order valence-electron chi connectivity index (χ2n) is 6.26. The molecule has 0 aliphatic rings. The molecular weight excluding hydrogens is 373 g/mol. The van der Waals surface area contributed by atoms with Crippen molar-refractivity contribution in [2.75, 3.05) is 5.32 Å². The highest BCUT2D eigenvalue weighted by Gasteiger charge is 2.32. The van der Waals surface area contributed by atoms with Crippen molar-refractivity contribution in [1.82, 2.24) is 19.7 Å². The smallest absolute Gasteiger partial charge is 0.368 e. The molecule has 0 spiro atoms. The van der Waals surface area contributed by atoms with Crippen molar-refractivity contribution in [3.05, 3.63) is 54.1 Å². The van der Waals surface area contributed by atoms with E-state index in [2.05, 4.69) is 20.4 Å². The molecule has 2 heterocycles. The number of rotatable bonds is 5. The van der Waals surface area contributed by atoms with Gasteiger partial charge in [0, 0.05) is 23.6 Å². The molecule has 0 bridgehead atoms. The van der Waals surface area contributed by atoms with E-state index in [0.717, 1.165) is 29.0 Å². The van der Waals surface area contributed by atoms with E-state index in [9.17, 15) is 18.0 Å². The number of amides is 1. The Hall–Kier alpha value is -3.43. The summed E-state index contributed by atoms with van der Waals surface area (Å²) in [7, 11) is 0. The van der Waals surface area contributed by atoms with E-state index in [0.29, 0.717) is 5.69 Å². The molecule has 3 aromatic rings. The minimum atomic E-state index is -4.55. The lowest BCUT2D eigenvalue weighted by Gasteiger charge is -2.10. The summed E-state index contributed by atoms with van der Waals surface area (Å²) in [5.74, 6) is -0.674. The van der Waals surface area contributed by atoms with Crippen molar-refractivity contribution in [2.24, 2.45) is 5.73 Å². The highest BCUT2D eigenvalue weighted by atomic mass is 19.4. The van der Waals surface area contributed by atoms with Crippen LogP contribution in [0.2, 0.25) is 0 Å². The largest absolute Gasteiger partial charge is 0.433 e. The average Bonchev–Trinajstić information content (AvgIpc) is 3.10. The molecule has 0 aliphatic heterocycles. The number of aryl methyl sites for hydroxylation is 1. The number of anilines is 2. The second kappa shape index (κ2) is 7.29. The summed E-state index contributed by atoms with van der Waals surface area (Å²) in [6, 6.07) is 5.57. The Morgan fingerprint density at radius 2 is 2.00 bits per heavy atom. The molecule has 1 atom stereocenters. The second-order valence-corrected chi connectivity index (χ2v) is 6.26. The first kappa shape index (κ1) is 19.3. The van der Waals surface area contributed by atoms with Gasteiger partial charge in [-0.25, -0.2) is 9.97 Å². The fourth-order valence-corrected chi connectivity index (χ4v) is 2.56. The third-order valence-corrected chi connectivity index (χ3v) is 4.02. The van der Waals surface area contributed by atoms with E-state index >= 15 is 0 Å². The number of nitrogens with zero attached hydrogens (tertiary/aromatic N) is 4. The summed E-state index contributed by atoms with van der Waals surface area (Å²) >= 11 is 0. The Kier molecular flexibility index (Phi) is 5.04. The standard InChI is InChI=1S/C18H17F3N6O/c1-10-5-12(13-8-24-27(9-13)11(2)16(22)28)7-14(6-10)25-17-23-4-3-15(26-17)18(19,20)21/h3-9,11H,1-2H3,(H2,22,28)(H,23,25,26). The molecule has 0 fully saturated rings. The van der Waals surface area contributed by atoms with Gasteiger partial charge in [-0.3, -0.25) is 9.48 Å². The Labute approximate surface area is 158 Å². The molecule has 1 aromatic carbocycles. The molecule has 0 saturated carbocycles. The Bertz CT molecular complexity index is 1010. The molecule has 28 heavy (non-hydrogen) atoms. The van der Waals surface area contributed by atoms with Crippen LogP contribution in [0.25, 0.3) is 11.1 Å². The number of aromatic nitrogens is 4.